The van der Waals surface area contributed by atoms with Crippen molar-refractivity contribution in [2.75, 3.05) is 0 Å². The third kappa shape index (κ3) is 2.25. The van der Waals surface area contributed by atoms with Crippen molar-refractivity contribution in [1.29, 1.82) is 0 Å². The minimum absolute atomic E-state index is 0.00856. The van der Waals surface area contributed by atoms with Gasteiger partial charge < -0.3 is 0 Å². The van der Waals surface area contributed by atoms with Crippen LogP contribution >= 0.6 is 0 Å². The lowest BCUT2D eigenvalue weighted by Crippen LogP contribution is -1.99. The second kappa shape index (κ2) is 3.99. The van der Waals surface area contributed by atoms with E-state index in [0.29, 0.717) is 17.5 Å². The van der Waals surface area contributed by atoms with E-state index in [0.717, 1.165) is 0 Å². The van der Waals surface area contributed by atoms with Crippen LogP contribution in [0.15, 0.2) is 24.3 Å². The van der Waals surface area contributed by atoms with Crippen LogP contribution in [0.4, 0.5) is 0 Å². The molecule has 0 aromatic heterocycles. The fourth-order valence-corrected chi connectivity index (χ4v) is 1.12. The van der Waals surface area contributed by atoms with Crippen LogP contribution in [0.25, 0.3) is 0 Å². The minimum atomic E-state index is -0.00856. The van der Waals surface area contributed by atoms with Gasteiger partial charge in [0.25, 0.3) is 0 Å². The zero-order valence-corrected chi connectivity index (χ0v) is 7.83. The predicted molar refractivity (Wildman–Crippen MR) is 51.1 cm³/mol. The lowest BCUT2D eigenvalue weighted by atomic mass is 10.0. The van der Waals surface area contributed by atoms with Gasteiger partial charge in [0.2, 0.25) is 0 Å². The minimum Gasteiger partial charge on any atom is -0.295 e. The van der Waals surface area contributed by atoms with E-state index in [1.54, 1.807) is 24.3 Å². The predicted octanol–water partition coefficient (Wildman–Crippen LogP) is 2.48. The van der Waals surface area contributed by atoms with E-state index >= 15 is 0 Å². The molecule has 68 valence electrons. The Hall–Kier alpha value is -1.44. The summed E-state index contributed by atoms with van der Waals surface area (Å²) in [6, 6.07) is 6.83. The van der Waals surface area contributed by atoms with Crippen LogP contribution in [0.5, 0.6) is 0 Å². The van der Waals surface area contributed by atoms with Crippen LogP contribution in [0.1, 0.15) is 41.0 Å². The Balaban J connectivity index is 3.05. The molecule has 0 saturated carbocycles. The number of hydrogen-bond acceptors (Lipinski definition) is 2. The van der Waals surface area contributed by atoms with Crippen molar-refractivity contribution < 1.29 is 9.59 Å². The van der Waals surface area contributed by atoms with Gasteiger partial charge >= 0.3 is 0 Å². The Labute approximate surface area is 77.6 Å². The molecule has 0 aliphatic rings. The van der Waals surface area contributed by atoms with Gasteiger partial charge in [-0.2, -0.15) is 0 Å². The molecule has 0 bridgehead atoms. The summed E-state index contributed by atoms with van der Waals surface area (Å²) in [5.41, 5.74) is 1.22. The van der Waals surface area contributed by atoms with Gasteiger partial charge in [0.05, 0.1) is 0 Å². The Morgan fingerprint density at radius 3 is 2.38 bits per heavy atom. The summed E-state index contributed by atoms with van der Waals surface area (Å²) in [7, 11) is 0. The quantitative estimate of drug-likeness (QED) is 0.663. The van der Waals surface area contributed by atoms with Gasteiger partial charge in [0.1, 0.15) is 0 Å². The van der Waals surface area contributed by atoms with Crippen LogP contribution in [0.2, 0.25) is 0 Å². The molecule has 0 radical (unpaired) electrons. The molecule has 0 aliphatic carbocycles. The lowest BCUT2D eigenvalue weighted by molar-refractivity contribution is 0.0988. The third-order valence-electron chi connectivity index (χ3n) is 1.91. The van der Waals surface area contributed by atoms with Gasteiger partial charge in [-0.05, 0) is 13.0 Å². The van der Waals surface area contributed by atoms with Crippen molar-refractivity contribution >= 4 is 11.6 Å². The molecule has 2 nitrogen and oxygen atoms in total. The summed E-state index contributed by atoms with van der Waals surface area (Å²) in [5.74, 6) is 0.0638. The van der Waals surface area contributed by atoms with Crippen LogP contribution < -0.4 is 0 Å². The molecular formula is C11H12O2. The molecule has 0 unspecified atom stereocenters. The molecule has 0 saturated heterocycles. The molecule has 0 N–H and O–H groups in total. The van der Waals surface area contributed by atoms with E-state index in [1.807, 2.05) is 6.92 Å². The van der Waals surface area contributed by atoms with Crippen LogP contribution in [0.3, 0.4) is 0 Å². The first-order valence-corrected chi connectivity index (χ1v) is 4.29. The first-order chi connectivity index (χ1) is 6.15. The van der Waals surface area contributed by atoms with Gasteiger partial charge in [0, 0.05) is 17.5 Å². The topological polar surface area (TPSA) is 34.1 Å². The number of carbonyl (C=O) groups excluding carboxylic acids is 2. The highest BCUT2D eigenvalue weighted by Crippen LogP contribution is 2.08. The fourth-order valence-electron chi connectivity index (χ4n) is 1.12. The first kappa shape index (κ1) is 9.65. The largest absolute Gasteiger partial charge is 0.295 e. The van der Waals surface area contributed by atoms with Gasteiger partial charge in [-0.15, -0.1) is 0 Å². The fraction of sp³-hybridized carbons (Fsp3) is 0.273. The van der Waals surface area contributed by atoms with E-state index < -0.39 is 0 Å². The summed E-state index contributed by atoms with van der Waals surface area (Å²) in [4.78, 5) is 22.3. The molecule has 0 atom stereocenters. The number of Topliss-reactive ketones (excluding diaryl/α,β-unsaturated/α-hetero) is 2. The van der Waals surface area contributed by atoms with E-state index in [-0.39, 0.29) is 11.6 Å². The van der Waals surface area contributed by atoms with Crippen LogP contribution in [-0.4, -0.2) is 11.6 Å². The number of ketones is 2. The highest BCUT2D eigenvalue weighted by Gasteiger charge is 2.05. The zero-order chi connectivity index (χ0) is 9.84. The summed E-state index contributed by atoms with van der Waals surface area (Å²) in [5, 5.41) is 0. The van der Waals surface area contributed by atoms with Crippen LogP contribution in [-0.2, 0) is 0 Å². The molecule has 0 fully saturated rings. The highest BCUT2D eigenvalue weighted by molar-refractivity contribution is 6.00. The summed E-state index contributed by atoms with van der Waals surface area (Å²) in [6.07, 6.45) is 0.474. The summed E-state index contributed by atoms with van der Waals surface area (Å²) in [6.45, 7) is 3.30. The Morgan fingerprint density at radius 2 is 1.85 bits per heavy atom. The Bertz CT molecular complexity index is 340. The van der Waals surface area contributed by atoms with Crippen molar-refractivity contribution in [1.82, 2.24) is 0 Å². The van der Waals surface area contributed by atoms with Gasteiger partial charge in [0.15, 0.2) is 11.6 Å². The van der Waals surface area contributed by atoms with E-state index in [2.05, 4.69) is 0 Å². The maximum atomic E-state index is 11.3. The van der Waals surface area contributed by atoms with E-state index in [1.165, 1.54) is 6.92 Å². The molecule has 1 aromatic carbocycles. The smallest absolute Gasteiger partial charge is 0.162 e. The Kier molecular flexibility index (Phi) is 2.96. The van der Waals surface area contributed by atoms with Crippen LogP contribution in [0, 0.1) is 0 Å². The zero-order valence-electron chi connectivity index (χ0n) is 7.83. The average molecular weight is 176 g/mol. The molecule has 2 heteroatoms. The van der Waals surface area contributed by atoms with E-state index in [4.69, 9.17) is 0 Å². The first-order valence-electron chi connectivity index (χ1n) is 4.29. The second-order valence-corrected chi connectivity index (χ2v) is 2.91. The Morgan fingerprint density at radius 1 is 1.23 bits per heavy atom. The SMILES string of the molecule is CCC(=O)c1cccc(C(C)=O)c1. The molecule has 0 spiro atoms. The molecule has 13 heavy (non-hydrogen) atoms. The molecule has 0 amide bonds. The number of rotatable bonds is 3. The van der Waals surface area contributed by atoms with Crippen molar-refractivity contribution in [2.45, 2.75) is 20.3 Å². The van der Waals surface area contributed by atoms with Gasteiger partial charge in [-0.1, -0.05) is 25.1 Å². The molecule has 1 rings (SSSR count). The lowest BCUT2D eigenvalue weighted by Gasteiger charge is -1.99. The van der Waals surface area contributed by atoms with Gasteiger partial charge in [-0.3, -0.25) is 9.59 Å². The molecule has 1 aromatic rings. The highest BCUT2D eigenvalue weighted by atomic mass is 16.1. The van der Waals surface area contributed by atoms with Crippen molar-refractivity contribution in [3.8, 4) is 0 Å². The van der Waals surface area contributed by atoms with Crippen molar-refractivity contribution in [3.63, 3.8) is 0 Å². The average Bonchev–Trinajstić information content (AvgIpc) is 2.17. The monoisotopic (exact) mass is 176 g/mol. The standard InChI is InChI=1S/C11H12O2/c1-3-11(13)10-6-4-5-9(7-10)8(2)12/h4-7H,3H2,1-2H3. The molecule has 0 aliphatic heterocycles. The number of hydrogen-bond donors (Lipinski definition) is 0. The number of carbonyl (C=O) groups is 2. The molecule has 0 heterocycles. The maximum Gasteiger partial charge on any atom is 0.162 e. The van der Waals surface area contributed by atoms with Gasteiger partial charge in [-0.25, -0.2) is 0 Å². The third-order valence-corrected chi connectivity index (χ3v) is 1.91. The van der Waals surface area contributed by atoms with Crippen molar-refractivity contribution in [3.05, 3.63) is 35.4 Å². The second-order valence-electron chi connectivity index (χ2n) is 2.91. The summed E-state index contributed by atoms with van der Waals surface area (Å²) < 4.78 is 0. The molecular weight excluding hydrogens is 164 g/mol. The maximum absolute atomic E-state index is 11.3. The van der Waals surface area contributed by atoms with Crippen molar-refractivity contribution in [2.24, 2.45) is 0 Å². The summed E-state index contributed by atoms with van der Waals surface area (Å²) >= 11 is 0. The number of benzene rings is 1. The van der Waals surface area contributed by atoms with E-state index in [9.17, 15) is 9.59 Å². The normalized spacial score (nSPS) is 9.69.